The number of cyclic esters (lactones) is 1. The third-order valence-corrected chi connectivity index (χ3v) is 6.37. The number of benzene rings is 2. The lowest BCUT2D eigenvalue weighted by atomic mass is 10.0. The summed E-state index contributed by atoms with van der Waals surface area (Å²) in [6, 6.07) is 11.7. The van der Waals surface area contributed by atoms with E-state index in [-0.39, 0.29) is 11.9 Å². The van der Waals surface area contributed by atoms with Crippen LogP contribution >= 0.6 is 0 Å². The van der Waals surface area contributed by atoms with Gasteiger partial charge in [0, 0.05) is 38.3 Å². The first kappa shape index (κ1) is 22.0. The van der Waals surface area contributed by atoms with E-state index in [1.54, 1.807) is 11.8 Å². The number of ether oxygens (including phenoxy) is 2. The van der Waals surface area contributed by atoms with Gasteiger partial charge in [0.05, 0.1) is 19.2 Å². The van der Waals surface area contributed by atoms with Crippen LogP contribution in [-0.2, 0) is 29.0 Å². The SMILES string of the molecule is COc1cc(CCN2CCN(C(=O)Cc3ccc(-n4cnnn4)cc3)CC2)cc2c1C(=O)OC2. The third kappa shape index (κ3) is 4.62. The zero-order valence-electron chi connectivity index (χ0n) is 19.0. The van der Waals surface area contributed by atoms with Crippen LogP contribution in [0, 0.1) is 0 Å². The Balaban J connectivity index is 1.11. The molecule has 0 radical (unpaired) electrons. The number of tetrazole rings is 1. The van der Waals surface area contributed by atoms with Gasteiger partial charge in [-0.15, -0.1) is 5.10 Å². The van der Waals surface area contributed by atoms with Crippen molar-refractivity contribution in [2.75, 3.05) is 39.8 Å². The van der Waals surface area contributed by atoms with Crippen LogP contribution in [0.5, 0.6) is 5.75 Å². The zero-order chi connectivity index (χ0) is 23.5. The maximum Gasteiger partial charge on any atom is 0.342 e. The molecule has 1 saturated heterocycles. The van der Waals surface area contributed by atoms with Crippen molar-refractivity contribution in [1.82, 2.24) is 30.0 Å². The first-order valence-electron chi connectivity index (χ1n) is 11.3. The number of aromatic nitrogens is 4. The van der Waals surface area contributed by atoms with E-state index in [2.05, 4.69) is 20.4 Å². The minimum absolute atomic E-state index is 0.142. The largest absolute Gasteiger partial charge is 0.496 e. The second kappa shape index (κ2) is 9.60. The highest BCUT2D eigenvalue weighted by Crippen LogP contribution is 2.31. The molecule has 176 valence electrons. The molecule has 10 heteroatoms. The summed E-state index contributed by atoms with van der Waals surface area (Å²) in [7, 11) is 1.57. The molecule has 34 heavy (non-hydrogen) atoms. The van der Waals surface area contributed by atoms with Crippen molar-refractivity contribution >= 4 is 11.9 Å². The van der Waals surface area contributed by atoms with Crippen LogP contribution in [0.1, 0.15) is 27.0 Å². The van der Waals surface area contributed by atoms with Crippen LogP contribution in [0.15, 0.2) is 42.7 Å². The Hall–Kier alpha value is -3.79. The Morgan fingerprint density at radius 3 is 2.59 bits per heavy atom. The number of rotatable bonds is 7. The highest BCUT2D eigenvalue weighted by atomic mass is 16.5. The van der Waals surface area contributed by atoms with E-state index in [4.69, 9.17) is 9.47 Å². The molecule has 2 aromatic carbocycles. The van der Waals surface area contributed by atoms with Gasteiger partial charge in [-0.25, -0.2) is 9.48 Å². The van der Waals surface area contributed by atoms with Gasteiger partial charge in [-0.2, -0.15) is 0 Å². The summed E-state index contributed by atoms with van der Waals surface area (Å²) in [4.78, 5) is 29.0. The van der Waals surface area contributed by atoms with E-state index >= 15 is 0 Å². The highest BCUT2D eigenvalue weighted by Gasteiger charge is 2.27. The lowest BCUT2D eigenvalue weighted by Gasteiger charge is -2.35. The molecule has 0 bridgehead atoms. The standard InChI is InChI=1S/C24H26N6O4/c1-33-21-13-18(12-19-15-34-24(32)23(19)21)6-7-28-8-10-29(11-9-28)22(31)14-17-2-4-20(5-3-17)30-16-25-26-27-30/h2-5,12-13,16H,6-11,14-15H2,1H3. The fraction of sp³-hybridized carbons (Fsp3) is 0.375. The predicted molar refractivity (Wildman–Crippen MR) is 122 cm³/mol. The number of fused-ring (bicyclic) bond motifs is 1. The number of carbonyl (C=O) groups is 2. The summed E-state index contributed by atoms with van der Waals surface area (Å²) in [6.07, 6.45) is 2.76. The van der Waals surface area contributed by atoms with Crippen LogP contribution in [0.2, 0.25) is 0 Å². The van der Waals surface area contributed by atoms with Crippen LogP contribution in [-0.4, -0.2) is 81.7 Å². The van der Waals surface area contributed by atoms with Crippen molar-refractivity contribution in [3.05, 3.63) is 65.0 Å². The number of hydrogen-bond donors (Lipinski definition) is 0. The van der Waals surface area contributed by atoms with Crippen molar-refractivity contribution in [3.63, 3.8) is 0 Å². The average molecular weight is 463 g/mol. The monoisotopic (exact) mass is 462 g/mol. The molecule has 3 aromatic rings. The Kier molecular flexibility index (Phi) is 6.22. The maximum absolute atomic E-state index is 12.8. The Morgan fingerprint density at radius 1 is 1.09 bits per heavy atom. The molecule has 0 atom stereocenters. The molecule has 2 aliphatic rings. The normalized spacial score (nSPS) is 15.8. The molecule has 0 saturated carbocycles. The Morgan fingerprint density at radius 2 is 1.88 bits per heavy atom. The molecular weight excluding hydrogens is 436 g/mol. The predicted octanol–water partition coefficient (Wildman–Crippen LogP) is 1.27. The van der Waals surface area contributed by atoms with Crippen LogP contribution < -0.4 is 4.74 Å². The van der Waals surface area contributed by atoms with Gasteiger partial charge >= 0.3 is 5.97 Å². The summed E-state index contributed by atoms with van der Waals surface area (Å²) < 4.78 is 12.1. The Labute approximate surface area is 197 Å². The second-order valence-corrected chi connectivity index (χ2v) is 8.48. The molecule has 3 heterocycles. The summed E-state index contributed by atoms with van der Waals surface area (Å²) in [5.41, 5.74) is 4.38. The van der Waals surface area contributed by atoms with Gasteiger partial charge < -0.3 is 14.4 Å². The van der Waals surface area contributed by atoms with Gasteiger partial charge in [-0.3, -0.25) is 9.69 Å². The summed E-state index contributed by atoms with van der Waals surface area (Å²) in [5.74, 6) is 0.405. The molecule has 1 amide bonds. The van der Waals surface area contributed by atoms with E-state index < -0.39 is 0 Å². The fourth-order valence-electron chi connectivity index (χ4n) is 4.44. The fourth-order valence-corrected chi connectivity index (χ4v) is 4.44. The third-order valence-electron chi connectivity index (χ3n) is 6.37. The molecule has 0 unspecified atom stereocenters. The number of esters is 1. The molecule has 5 rings (SSSR count). The summed E-state index contributed by atoms with van der Waals surface area (Å²) >= 11 is 0. The topological polar surface area (TPSA) is 103 Å². The van der Waals surface area contributed by atoms with Gasteiger partial charge in [-0.05, 0) is 46.2 Å². The molecular formula is C24H26N6O4. The van der Waals surface area contributed by atoms with Gasteiger partial charge in [0.15, 0.2) is 0 Å². The van der Waals surface area contributed by atoms with E-state index in [0.717, 1.165) is 61.5 Å². The number of piperazine rings is 1. The van der Waals surface area contributed by atoms with Crippen LogP contribution in [0.4, 0.5) is 0 Å². The van der Waals surface area contributed by atoms with E-state index in [1.807, 2.05) is 41.3 Å². The second-order valence-electron chi connectivity index (χ2n) is 8.48. The number of methoxy groups -OCH3 is 1. The molecule has 2 aliphatic heterocycles. The van der Waals surface area contributed by atoms with Crippen molar-refractivity contribution in [1.29, 1.82) is 0 Å². The summed E-state index contributed by atoms with van der Waals surface area (Å²) in [5, 5.41) is 11.1. The molecule has 10 nitrogen and oxygen atoms in total. The molecule has 1 fully saturated rings. The minimum atomic E-state index is -0.317. The Bertz CT molecular complexity index is 1170. The number of amides is 1. The molecule has 1 aromatic heterocycles. The zero-order valence-corrected chi connectivity index (χ0v) is 19.0. The maximum atomic E-state index is 12.8. The van der Waals surface area contributed by atoms with Crippen LogP contribution in [0.3, 0.4) is 0 Å². The van der Waals surface area contributed by atoms with Crippen molar-refractivity contribution in [2.24, 2.45) is 0 Å². The highest BCUT2D eigenvalue weighted by molar-refractivity contribution is 5.96. The first-order valence-corrected chi connectivity index (χ1v) is 11.3. The van der Waals surface area contributed by atoms with Gasteiger partial charge in [0.25, 0.3) is 0 Å². The van der Waals surface area contributed by atoms with Crippen molar-refractivity contribution in [3.8, 4) is 11.4 Å². The lowest BCUT2D eigenvalue weighted by molar-refractivity contribution is -0.132. The van der Waals surface area contributed by atoms with Gasteiger partial charge in [-0.1, -0.05) is 18.2 Å². The molecule has 0 aliphatic carbocycles. The number of carbonyl (C=O) groups excluding carboxylic acids is 2. The average Bonchev–Trinajstić information content (AvgIpc) is 3.53. The van der Waals surface area contributed by atoms with E-state index in [0.29, 0.717) is 24.3 Å². The lowest BCUT2D eigenvalue weighted by Crippen LogP contribution is -2.49. The summed E-state index contributed by atoms with van der Waals surface area (Å²) in [6.45, 7) is 4.31. The molecule has 0 N–H and O–H groups in total. The number of hydrogen-bond acceptors (Lipinski definition) is 8. The molecule has 0 spiro atoms. The van der Waals surface area contributed by atoms with Crippen molar-refractivity contribution < 1.29 is 19.1 Å². The smallest absolute Gasteiger partial charge is 0.342 e. The van der Waals surface area contributed by atoms with Crippen LogP contribution in [0.25, 0.3) is 5.69 Å². The van der Waals surface area contributed by atoms with E-state index in [1.165, 1.54) is 6.33 Å². The van der Waals surface area contributed by atoms with E-state index in [9.17, 15) is 9.59 Å². The van der Waals surface area contributed by atoms with Crippen molar-refractivity contribution in [2.45, 2.75) is 19.4 Å². The van der Waals surface area contributed by atoms with Gasteiger partial charge in [0.1, 0.15) is 24.2 Å². The van der Waals surface area contributed by atoms with Gasteiger partial charge in [0.2, 0.25) is 5.91 Å². The minimum Gasteiger partial charge on any atom is -0.496 e. The number of nitrogens with zero attached hydrogens (tertiary/aromatic N) is 6. The first-order chi connectivity index (χ1) is 16.6. The quantitative estimate of drug-likeness (QED) is 0.484.